The fourth-order valence-electron chi connectivity index (χ4n) is 5.31. The topological polar surface area (TPSA) is 29.1 Å². The van der Waals surface area contributed by atoms with Crippen molar-refractivity contribution in [3.05, 3.63) is 29.0 Å². The molecule has 1 aromatic rings. The number of anilines is 1. The smallest absolute Gasteiger partial charge is 0.230 e. The number of carbonyl (C=O) groups is 1. The summed E-state index contributed by atoms with van der Waals surface area (Å²) in [4.78, 5) is 13.0. The lowest BCUT2D eigenvalue weighted by molar-refractivity contribution is -0.132. The minimum absolute atomic E-state index is 0.0561. The van der Waals surface area contributed by atoms with Crippen LogP contribution in [0.5, 0.6) is 0 Å². The molecule has 2 unspecified atom stereocenters. The van der Waals surface area contributed by atoms with Gasteiger partial charge in [-0.15, -0.1) is 0 Å². The number of rotatable bonds is 2. The van der Waals surface area contributed by atoms with Crippen LogP contribution < -0.4 is 5.32 Å². The predicted molar refractivity (Wildman–Crippen MR) is 85.3 cm³/mol. The Morgan fingerprint density at radius 1 is 1.14 bits per heavy atom. The Bertz CT molecular complexity index is 601. The number of nitrogens with one attached hydrogen (secondary N) is 1. The molecule has 0 spiro atoms. The molecule has 4 aliphatic carbocycles. The van der Waals surface area contributed by atoms with E-state index in [0.717, 1.165) is 25.2 Å². The van der Waals surface area contributed by atoms with Crippen LogP contribution in [0.2, 0.25) is 5.02 Å². The molecular formula is C18H21ClFNO. The summed E-state index contributed by atoms with van der Waals surface area (Å²) in [6.07, 6.45) is 8.29. The number of amides is 1. The van der Waals surface area contributed by atoms with Gasteiger partial charge in [-0.05, 0) is 68.1 Å². The molecule has 1 amide bonds. The average Bonchev–Trinajstić information content (AvgIpc) is 2.69. The minimum Gasteiger partial charge on any atom is -0.326 e. The zero-order valence-electron chi connectivity index (χ0n) is 12.6. The van der Waals surface area contributed by atoms with Gasteiger partial charge in [0.2, 0.25) is 5.91 Å². The molecule has 4 fully saturated rings. The van der Waals surface area contributed by atoms with Crippen LogP contribution in [0, 0.1) is 29.0 Å². The lowest BCUT2D eigenvalue weighted by Gasteiger charge is -2.47. The van der Waals surface area contributed by atoms with Crippen molar-refractivity contribution in [3.63, 3.8) is 0 Å². The van der Waals surface area contributed by atoms with Gasteiger partial charge in [-0.1, -0.05) is 24.4 Å². The van der Waals surface area contributed by atoms with Crippen LogP contribution in [0.3, 0.4) is 0 Å². The highest BCUT2D eigenvalue weighted by Gasteiger charge is 2.52. The van der Waals surface area contributed by atoms with Crippen molar-refractivity contribution in [1.29, 1.82) is 0 Å². The zero-order chi connectivity index (χ0) is 15.3. The number of halogens is 2. The molecule has 1 N–H and O–H groups in total. The third-order valence-corrected chi connectivity index (χ3v) is 6.30. The van der Waals surface area contributed by atoms with Crippen LogP contribution in [0.1, 0.15) is 44.9 Å². The number of benzene rings is 1. The third kappa shape index (κ3) is 2.44. The molecule has 4 aliphatic rings. The van der Waals surface area contributed by atoms with Crippen molar-refractivity contribution >= 4 is 23.2 Å². The highest BCUT2D eigenvalue weighted by Crippen LogP contribution is 2.58. The van der Waals surface area contributed by atoms with Crippen LogP contribution in [0.4, 0.5) is 10.1 Å². The maximum atomic E-state index is 13.3. The summed E-state index contributed by atoms with van der Waals surface area (Å²) in [6.45, 7) is 0. The van der Waals surface area contributed by atoms with E-state index in [1.165, 1.54) is 37.8 Å². The normalized spacial score (nSPS) is 36.2. The molecule has 22 heavy (non-hydrogen) atoms. The van der Waals surface area contributed by atoms with E-state index >= 15 is 0 Å². The Labute approximate surface area is 135 Å². The Morgan fingerprint density at radius 3 is 2.41 bits per heavy atom. The van der Waals surface area contributed by atoms with E-state index in [9.17, 15) is 9.18 Å². The fraction of sp³-hybridized carbons (Fsp3) is 0.611. The van der Waals surface area contributed by atoms with Crippen molar-refractivity contribution in [3.8, 4) is 0 Å². The van der Waals surface area contributed by atoms with E-state index in [1.54, 1.807) is 6.07 Å². The highest BCUT2D eigenvalue weighted by molar-refractivity contribution is 6.31. The van der Waals surface area contributed by atoms with E-state index in [1.807, 2.05) is 0 Å². The Hall–Kier alpha value is -1.09. The summed E-state index contributed by atoms with van der Waals surface area (Å²) in [5, 5.41) is 3.06. The summed E-state index contributed by atoms with van der Waals surface area (Å²) < 4.78 is 13.3. The molecule has 0 aromatic heterocycles. The van der Waals surface area contributed by atoms with Crippen LogP contribution in [0.15, 0.2) is 18.2 Å². The van der Waals surface area contributed by atoms with Crippen LogP contribution in [-0.2, 0) is 4.79 Å². The second-order valence-corrected chi connectivity index (χ2v) is 8.03. The largest absolute Gasteiger partial charge is 0.326 e. The van der Waals surface area contributed by atoms with E-state index in [-0.39, 0.29) is 16.3 Å². The molecule has 1 aromatic carbocycles. The molecule has 2 nitrogen and oxygen atoms in total. The quantitative estimate of drug-likeness (QED) is 0.813. The molecule has 4 heteroatoms. The first-order chi connectivity index (χ1) is 10.5. The van der Waals surface area contributed by atoms with Gasteiger partial charge in [-0.25, -0.2) is 4.39 Å². The predicted octanol–water partition coefficient (Wildman–Crippen LogP) is 5.02. The molecule has 4 saturated carbocycles. The molecule has 0 aliphatic heterocycles. The lowest BCUT2D eigenvalue weighted by Crippen LogP contribution is -2.46. The SMILES string of the molecule is O=C(Nc1ccc(F)c(Cl)c1)C12CC3CCC(CC(C3)C1)C2. The average molecular weight is 322 g/mol. The second-order valence-electron chi connectivity index (χ2n) is 7.62. The molecule has 2 atom stereocenters. The lowest BCUT2D eigenvalue weighted by atomic mass is 9.58. The highest BCUT2D eigenvalue weighted by atomic mass is 35.5. The van der Waals surface area contributed by atoms with Crippen molar-refractivity contribution in [1.82, 2.24) is 0 Å². The molecule has 0 radical (unpaired) electrons. The van der Waals surface area contributed by atoms with Gasteiger partial charge in [-0.2, -0.15) is 0 Å². The minimum atomic E-state index is -0.453. The van der Waals surface area contributed by atoms with Crippen LogP contribution in [-0.4, -0.2) is 5.91 Å². The molecule has 5 rings (SSSR count). The molecular weight excluding hydrogens is 301 g/mol. The summed E-state index contributed by atoms with van der Waals surface area (Å²) in [6, 6.07) is 4.40. The maximum Gasteiger partial charge on any atom is 0.230 e. The summed E-state index contributed by atoms with van der Waals surface area (Å²) >= 11 is 5.82. The Morgan fingerprint density at radius 2 is 1.77 bits per heavy atom. The summed E-state index contributed by atoms with van der Waals surface area (Å²) in [5.41, 5.74) is 0.402. The fourth-order valence-corrected chi connectivity index (χ4v) is 5.49. The summed E-state index contributed by atoms with van der Waals surface area (Å²) in [5.74, 6) is 1.83. The van der Waals surface area contributed by atoms with Gasteiger partial charge in [-0.3, -0.25) is 4.79 Å². The van der Waals surface area contributed by atoms with Crippen molar-refractivity contribution in [2.24, 2.45) is 23.2 Å². The van der Waals surface area contributed by atoms with Gasteiger partial charge < -0.3 is 5.32 Å². The van der Waals surface area contributed by atoms with Crippen molar-refractivity contribution in [2.45, 2.75) is 44.9 Å². The van der Waals surface area contributed by atoms with Crippen LogP contribution >= 0.6 is 11.6 Å². The van der Waals surface area contributed by atoms with Gasteiger partial charge in [0.25, 0.3) is 0 Å². The number of fused-ring (bicyclic) bond motifs is 1. The van der Waals surface area contributed by atoms with Gasteiger partial charge in [0.05, 0.1) is 10.4 Å². The third-order valence-electron chi connectivity index (χ3n) is 6.01. The number of carbonyl (C=O) groups excluding carboxylic acids is 1. The van der Waals surface area contributed by atoms with Gasteiger partial charge >= 0.3 is 0 Å². The van der Waals surface area contributed by atoms with E-state index < -0.39 is 5.82 Å². The molecule has 118 valence electrons. The summed E-state index contributed by atoms with van der Waals surface area (Å²) in [7, 11) is 0. The first-order valence-corrected chi connectivity index (χ1v) is 8.68. The van der Waals surface area contributed by atoms with Gasteiger partial charge in [0.15, 0.2) is 0 Å². The Balaban J connectivity index is 1.58. The molecule has 4 bridgehead atoms. The van der Waals surface area contributed by atoms with Crippen LogP contribution in [0.25, 0.3) is 0 Å². The first-order valence-electron chi connectivity index (χ1n) is 8.31. The first kappa shape index (κ1) is 14.5. The number of hydrogen-bond donors (Lipinski definition) is 1. The van der Waals surface area contributed by atoms with E-state index in [2.05, 4.69) is 5.32 Å². The second kappa shape index (κ2) is 5.23. The van der Waals surface area contributed by atoms with E-state index in [4.69, 9.17) is 11.6 Å². The number of hydrogen-bond acceptors (Lipinski definition) is 1. The van der Waals surface area contributed by atoms with Crippen molar-refractivity contribution in [2.75, 3.05) is 5.32 Å². The van der Waals surface area contributed by atoms with E-state index in [0.29, 0.717) is 17.5 Å². The zero-order valence-corrected chi connectivity index (χ0v) is 13.3. The standard InChI is InChI=1S/C18H21ClFNO/c19-15-7-14(3-4-16(15)20)21-17(22)18-8-11-1-2-12(9-18)6-13(5-11)10-18/h3-4,7,11-13H,1-2,5-6,8-10H2,(H,21,22). The molecule has 0 heterocycles. The Kier molecular flexibility index (Phi) is 3.44. The monoisotopic (exact) mass is 321 g/mol. The van der Waals surface area contributed by atoms with Gasteiger partial charge in [0, 0.05) is 5.69 Å². The van der Waals surface area contributed by atoms with Crippen molar-refractivity contribution < 1.29 is 9.18 Å². The van der Waals surface area contributed by atoms with Gasteiger partial charge in [0.1, 0.15) is 5.82 Å². The molecule has 0 saturated heterocycles. The maximum absolute atomic E-state index is 13.3.